The first-order valence-corrected chi connectivity index (χ1v) is 9.32. The Balaban J connectivity index is 1.99. The van der Waals surface area contributed by atoms with Gasteiger partial charge in [0.05, 0.1) is 10.6 Å². The molecule has 1 heterocycles. The Kier molecular flexibility index (Phi) is 5.48. The van der Waals surface area contributed by atoms with Crippen molar-refractivity contribution < 1.29 is 9.00 Å². The summed E-state index contributed by atoms with van der Waals surface area (Å²) in [5.74, 6) is 0.541. The Bertz CT molecular complexity index is 651. The number of hydrogen-bond donors (Lipinski definition) is 0. The standard InChI is InChI=1S/C17H20O2S2/c1-4-15-5-6-17(20-15)16(18)11-21(19)10-14-8-12(2)7-13(3)9-14/h5-9H,4,10-11H2,1-3H3. The molecule has 1 aromatic heterocycles. The molecule has 0 N–H and O–H groups in total. The summed E-state index contributed by atoms with van der Waals surface area (Å²) in [5, 5.41) is 0. The van der Waals surface area contributed by atoms with Crippen molar-refractivity contribution in [2.24, 2.45) is 0 Å². The van der Waals surface area contributed by atoms with Crippen LogP contribution in [0.15, 0.2) is 30.3 Å². The molecule has 0 spiro atoms. The molecule has 21 heavy (non-hydrogen) atoms. The Labute approximate surface area is 132 Å². The van der Waals surface area contributed by atoms with E-state index >= 15 is 0 Å². The third-order valence-electron chi connectivity index (χ3n) is 3.19. The van der Waals surface area contributed by atoms with Crippen LogP contribution >= 0.6 is 11.3 Å². The predicted molar refractivity (Wildman–Crippen MR) is 90.7 cm³/mol. The smallest absolute Gasteiger partial charge is 0.185 e. The lowest BCUT2D eigenvalue weighted by molar-refractivity contribution is 0.102. The molecular formula is C17H20O2S2. The summed E-state index contributed by atoms with van der Waals surface area (Å²) in [6.07, 6.45) is 0.934. The maximum Gasteiger partial charge on any atom is 0.185 e. The number of ketones is 1. The summed E-state index contributed by atoms with van der Waals surface area (Å²) in [5.41, 5.74) is 3.37. The van der Waals surface area contributed by atoms with E-state index in [1.807, 2.05) is 38.1 Å². The lowest BCUT2D eigenvalue weighted by Crippen LogP contribution is -2.11. The maximum absolute atomic E-state index is 12.2. The summed E-state index contributed by atoms with van der Waals surface area (Å²) in [6, 6.07) is 9.99. The zero-order valence-electron chi connectivity index (χ0n) is 12.6. The first-order chi connectivity index (χ1) is 9.97. The minimum absolute atomic E-state index is 0.0117. The van der Waals surface area contributed by atoms with Crippen LogP contribution in [0.2, 0.25) is 0 Å². The van der Waals surface area contributed by atoms with Gasteiger partial charge in [0.15, 0.2) is 5.78 Å². The summed E-state index contributed by atoms with van der Waals surface area (Å²) in [7, 11) is -1.15. The zero-order chi connectivity index (χ0) is 15.4. The molecular weight excluding hydrogens is 300 g/mol. The molecule has 0 saturated carbocycles. The van der Waals surface area contributed by atoms with E-state index in [9.17, 15) is 9.00 Å². The van der Waals surface area contributed by atoms with Crippen molar-refractivity contribution in [3.63, 3.8) is 0 Å². The van der Waals surface area contributed by atoms with Crippen molar-refractivity contribution >= 4 is 27.9 Å². The highest BCUT2D eigenvalue weighted by atomic mass is 32.2. The van der Waals surface area contributed by atoms with Crippen LogP contribution in [0, 0.1) is 13.8 Å². The van der Waals surface area contributed by atoms with Crippen LogP contribution in [-0.2, 0) is 23.0 Å². The van der Waals surface area contributed by atoms with Crippen molar-refractivity contribution in [3.05, 3.63) is 56.8 Å². The molecule has 112 valence electrons. The number of hydrogen-bond acceptors (Lipinski definition) is 3. The van der Waals surface area contributed by atoms with Gasteiger partial charge >= 0.3 is 0 Å². The average Bonchev–Trinajstić information content (AvgIpc) is 2.85. The molecule has 0 bridgehead atoms. The van der Waals surface area contributed by atoms with Gasteiger partial charge in [-0.25, -0.2) is 0 Å². The second kappa shape index (κ2) is 7.14. The molecule has 2 aromatic rings. The maximum atomic E-state index is 12.2. The van der Waals surface area contributed by atoms with E-state index in [0.29, 0.717) is 5.75 Å². The van der Waals surface area contributed by atoms with Gasteiger partial charge in [-0.1, -0.05) is 36.2 Å². The van der Waals surface area contributed by atoms with Crippen molar-refractivity contribution in [1.82, 2.24) is 0 Å². The largest absolute Gasteiger partial charge is 0.292 e. The van der Waals surface area contributed by atoms with Gasteiger partial charge in [0, 0.05) is 21.4 Å². The van der Waals surface area contributed by atoms with Crippen LogP contribution in [0.1, 0.15) is 38.2 Å². The Morgan fingerprint density at radius 3 is 2.38 bits per heavy atom. The average molecular weight is 320 g/mol. The lowest BCUT2D eigenvalue weighted by Gasteiger charge is -2.05. The molecule has 0 radical (unpaired) electrons. The van der Waals surface area contributed by atoms with Gasteiger partial charge < -0.3 is 0 Å². The fraction of sp³-hybridized carbons (Fsp3) is 0.353. The van der Waals surface area contributed by atoms with E-state index in [4.69, 9.17) is 0 Å². The van der Waals surface area contributed by atoms with Crippen molar-refractivity contribution in [1.29, 1.82) is 0 Å². The normalized spacial score (nSPS) is 12.3. The summed E-state index contributed by atoms with van der Waals surface area (Å²) in [6.45, 7) is 6.13. The Morgan fingerprint density at radius 2 is 1.81 bits per heavy atom. The lowest BCUT2D eigenvalue weighted by atomic mass is 10.1. The fourth-order valence-corrected chi connectivity index (χ4v) is 4.39. The van der Waals surface area contributed by atoms with E-state index < -0.39 is 10.8 Å². The van der Waals surface area contributed by atoms with Gasteiger partial charge in [-0.3, -0.25) is 9.00 Å². The van der Waals surface area contributed by atoms with Crippen molar-refractivity contribution in [3.8, 4) is 0 Å². The van der Waals surface area contributed by atoms with E-state index in [1.54, 1.807) is 0 Å². The first-order valence-electron chi connectivity index (χ1n) is 7.02. The molecule has 2 rings (SSSR count). The quantitative estimate of drug-likeness (QED) is 0.752. The third-order valence-corrected chi connectivity index (χ3v) is 5.70. The molecule has 1 unspecified atom stereocenters. The third kappa shape index (κ3) is 4.61. The van der Waals surface area contributed by atoms with Crippen LogP contribution in [0.25, 0.3) is 0 Å². The number of Topliss-reactive ketones (excluding diaryl/α,β-unsaturated/α-hetero) is 1. The van der Waals surface area contributed by atoms with Gasteiger partial charge in [0.2, 0.25) is 0 Å². The van der Waals surface area contributed by atoms with E-state index in [2.05, 4.69) is 13.0 Å². The van der Waals surface area contributed by atoms with Crippen molar-refractivity contribution in [2.75, 3.05) is 5.75 Å². The van der Waals surface area contributed by atoms with Crippen LogP contribution in [-0.4, -0.2) is 15.7 Å². The Hall–Kier alpha value is -1.26. The minimum Gasteiger partial charge on any atom is -0.292 e. The Morgan fingerprint density at radius 1 is 1.14 bits per heavy atom. The van der Waals surface area contributed by atoms with Crippen LogP contribution in [0.4, 0.5) is 0 Å². The number of benzene rings is 1. The van der Waals surface area contributed by atoms with Crippen LogP contribution < -0.4 is 0 Å². The van der Waals surface area contributed by atoms with Gasteiger partial charge in [-0.05, 0) is 38.0 Å². The highest BCUT2D eigenvalue weighted by molar-refractivity contribution is 7.85. The monoisotopic (exact) mass is 320 g/mol. The van der Waals surface area contributed by atoms with E-state index in [-0.39, 0.29) is 11.5 Å². The molecule has 1 atom stereocenters. The van der Waals surface area contributed by atoms with E-state index in [1.165, 1.54) is 27.3 Å². The van der Waals surface area contributed by atoms with Crippen LogP contribution in [0.3, 0.4) is 0 Å². The number of aryl methyl sites for hydroxylation is 3. The highest BCUT2D eigenvalue weighted by Gasteiger charge is 2.13. The predicted octanol–water partition coefficient (Wildman–Crippen LogP) is 4.06. The SMILES string of the molecule is CCc1ccc(C(=O)CS(=O)Cc2cc(C)cc(C)c2)s1. The molecule has 0 aliphatic carbocycles. The van der Waals surface area contributed by atoms with Gasteiger partial charge in [0.25, 0.3) is 0 Å². The van der Waals surface area contributed by atoms with Gasteiger partial charge in [0.1, 0.15) is 0 Å². The number of thiophene rings is 1. The highest BCUT2D eigenvalue weighted by Crippen LogP contribution is 2.18. The summed E-state index contributed by atoms with van der Waals surface area (Å²) < 4.78 is 12.2. The number of carbonyl (C=O) groups excluding carboxylic acids is 1. The second-order valence-corrected chi connectivity index (χ2v) is 7.89. The topological polar surface area (TPSA) is 34.1 Å². The molecule has 2 nitrogen and oxygen atoms in total. The molecule has 4 heteroatoms. The number of carbonyl (C=O) groups is 1. The second-order valence-electron chi connectivity index (χ2n) is 5.27. The molecule has 1 aromatic carbocycles. The number of rotatable bonds is 6. The molecule has 0 fully saturated rings. The first kappa shape index (κ1) is 16.1. The van der Waals surface area contributed by atoms with E-state index in [0.717, 1.165) is 16.9 Å². The summed E-state index contributed by atoms with van der Waals surface area (Å²) in [4.78, 5) is 14.0. The van der Waals surface area contributed by atoms with Crippen LogP contribution in [0.5, 0.6) is 0 Å². The molecule has 0 aliphatic rings. The van der Waals surface area contributed by atoms with Crippen molar-refractivity contribution in [2.45, 2.75) is 32.9 Å². The minimum atomic E-state index is -1.15. The zero-order valence-corrected chi connectivity index (χ0v) is 14.3. The molecule has 0 amide bonds. The summed E-state index contributed by atoms with van der Waals surface area (Å²) >= 11 is 1.51. The van der Waals surface area contributed by atoms with Gasteiger partial charge in [-0.15, -0.1) is 11.3 Å². The molecule has 0 aliphatic heterocycles. The fourth-order valence-electron chi connectivity index (χ4n) is 2.32. The van der Waals surface area contributed by atoms with Gasteiger partial charge in [-0.2, -0.15) is 0 Å². The molecule has 0 saturated heterocycles.